The van der Waals surface area contributed by atoms with E-state index in [1.165, 1.54) is 48.0 Å². The van der Waals surface area contributed by atoms with Gasteiger partial charge in [-0.15, -0.1) is 22.7 Å². The predicted molar refractivity (Wildman–Crippen MR) is 129 cm³/mol. The average Bonchev–Trinajstić information content (AvgIpc) is 3.45. The van der Waals surface area contributed by atoms with Crippen molar-refractivity contribution in [3.8, 4) is 5.75 Å². The molecule has 0 unspecified atom stereocenters. The smallest absolute Gasteiger partial charge is 0.338 e. The summed E-state index contributed by atoms with van der Waals surface area (Å²) in [6, 6.07) is 11.5. The van der Waals surface area contributed by atoms with Gasteiger partial charge in [0.15, 0.2) is 6.61 Å². The molecule has 3 N–H and O–H groups in total. The van der Waals surface area contributed by atoms with Gasteiger partial charge in [0.05, 0.1) is 28.9 Å². The van der Waals surface area contributed by atoms with Crippen LogP contribution in [0.2, 0.25) is 0 Å². The van der Waals surface area contributed by atoms with Gasteiger partial charge in [-0.2, -0.15) is 0 Å². The highest BCUT2D eigenvalue weighted by atomic mass is 32.1. The minimum atomic E-state index is -0.695. The number of thiophene rings is 2. The van der Waals surface area contributed by atoms with Crippen molar-refractivity contribution in [3.63, 3.8) is 0 Å². The third-order valence-corrected chi connectivity index (χ3v) is 6.78. The molecule has 4 aromatic rings. The molecule has 0 aliphatic rings. The number of anilines is 2. The zero-order chi connectivity index (χ0) is 23.5. The number of hydrogen-bond acceptors (Lipinski definition) is 9. The summed E-state index contributed by atoms with van der Waals surface area (Å²) >= 11 is 2.46. The third-order valence-electron chi connectivity index (χ3n) is 4.75. The quantitative estimate of drug-likeness (QED) is 0.293. The number of nitrogens with two attached hydrogens (primary N) is 1. The molecule has 0 aliphatic heterocycles. The molecule has 1 amide bonds. The number of nitrogens with one attached hydrogen (secondary N) is 1. The molecule has 0 fully saturated rings. The Balaban J connectivity index is 1.53. The molecule has 0 atom stereocenters. The molecule has 3 heterocycles. The lowest BCUT2D eigenvalue weighted by Gasteiger charge is -2.12. The fraction of sp³-hybridized carbons (Fsp3) is 0.130. The number of methoxy groups -OCH3 is 1. The van der Waals surface area contributed by atoms with Crippen molar-refractivity contribution in [2.75, 3.05) is 24.8 Å². The SMILES string of the molecule is COc1ccc(C(=O)OCC(=O)c2cccs2)cc1NC(=O)c1sc2nc(C)ccc2c1N. The van der Waals surface area contributed by atoms with Crippen molar-refractivity contribution < 1.29 is 23.9 Å². The fourth-order valence-electron chi connectivity index (χ4n) is 3.09. The molecule has 0 bridgehead atoms. The second-order valence-corrected chi connectivity index (χ2v) is 8.94. The van der Waals surface area contributed by atoms with Crippen LogP contribution in [0.15, 0.2) is 47.8 Å². The number of ether oxygens (including phenoxy) is 2. The largest absolute Gasteiger partial charge is 0.495 e. The van der Waals surface area contributed by atoms with Crippen molar-refractivity contribution in [2.45, 2.75) is 6.92 Å². The van der Waals surface area contributed by atoms with Crippen LogP contribution in [0.1, 0.15) is 35.4 Å². The van der Waals surface area contributed by atoms with E-state index >= 15 is 0 Å². The van der Waals surface area contributed by atoms with Crippen molar-refractivity contribution in [1.82, 2.24) is 4.98 Å². The Hall–Kier alpha value is -3.76. The lowest BCUT2D eigenvalue weighted by Crippen LogP contribution is -2.15. The summed E-state index contributed by atoms with van der Waals surface area (Å²) in [5.74, 6) is -1.09. The number of pyridine rings is 1. The number of benzene rings is 1. The molecule has 10 heteroatoms. The Morgan fingerprint density at radius 2 is 1.97 bits per heavy atom. The van der Waals surface area contributed by atoms with Crippen LogP contribution in [0, 0.1) is 6.92 Å². The standard InChI is InChI=1S/C23H19N3O5S2/c1-12-5-7-14-19(24)20(33-22(14)25-12)21(28)26-15-10-13(6-8-17(15)30-2)23(29)31-11-16(27)18-4-3-9-32-18/h3-10H,11,24H2,1-2H3,(H,26,28). The van der Waals surface area contributed by atoms with Gasteiger partial charge in [-0.1, -0.05) is 6.07 Å². The molecule has 0 spiro atoms. The first-order valence-electron chi connectivity index (χ1n) is 9.76. The van der Waals surface area contributed by atoms with Gasteiger partial charge < -0.3 is 20.5 Å². The van der Waals surface area contributed by atoms with Crippen LogP contribution < -0.4 is 15.8 Å². The van der Waals surface area contributed by atoms with Crippen LogP contribution in [0.4, 0.5) is 11.4 Å². The summed E-state index contributed by atoms with van der Waals surface area (Å²) in [5.41, 5.74) is 7.75. The maximum absolute atomic E-state index is 13.0. The number of fused-ring (bicyclic) bond motifs is 1. The Kier molecular flexibility index (Phi) is 6.38. The molecule has 0 saturated carbocycles. The topological polar surface area (TPSA) is 121 Å². The van der Waals surface area contributed by atoms with Crippen LogP contribution in [0.3, 0.4) is 0 Å². The first-order valence-corrected chi connectivity index (χ1v) is 11.5. The maximum atomic E-state index is 13.0. The average molecular weight is 482 g/mol. The number of aromatic nitrogens is 1. The van der Waals surface area contributed by atoms with Crippen LogP contribution in [0.25, 0.3) is 10.2 Å². The van der Waals surface area contributed by atoms with E-state index in [-0.39, 0.29) is 23.6 Å². The Morgan fingerprint density at radius 1 is 1.15 bits per heavy atom. The summed E-state index contributed by atoms with van der Waals surface area (Å²) in [5, 5.41) is 5.22. The fourth-order valence-corrected chi connectivity index (χ4v) is 4.78. The van der Waals surface area contributed by atoms with Crippen molar-refractivity contribution in [2.24, 2.45) is 0 Å². The van der Waals surface area contributed by atoms with Gasteiger partial charge >= 0.3 is 5.97 Å². The lowest BCUT2D eigenvalue weighted by molar-refractivity contribution is 0.0476. The van der Waals surface area contributed by atoms with Gasteiger partial charge in [0.1, 0.15) is 15.5 Å². The van der Waals surface area contributed by atoms with Gasteiger partial charge in [0.2, 0.25) is 5.78 Å². The molecule has 168 valence electrons. The Morgan fingerprint density at radius 3 is 2.70 bits per heavy atom. The number of carbonyl (C=O) groups excluding carboxylic acids is 3. The number of rotatable bonds is 7. The number of nitrogens with zero attached hydrogens (tertiary/aromatic N) is 1. The van der Waals surface area contributed by atoms with E-state index in [4.69, 9.17) is 15.2 Å². The first-order chi connectivity index (χ1) is 15.9. The number of aryl methyl sites for hydroxylation is 1. The summed E-state index contributed by atoms with van der Waals surface area (Å²) in [6.07, 6.45) is 0. The highest BCUT2D eigenvalue weighted by molar-refractivity contribution is 7.21. The van der Waals surface area contributed by atoms with Crippen LogP contribution in [0.5, 0.6) is 5.75 Å². The van der Waals surface area contributed by atoms with Gasteiger partial charge in [0, 0.05) is 11.1 Å². The predicted octanol–water partition coefficient (Wildman–Crippen LogP) is 4.55. The minimum absolute atomic E-state index is 0.159. The second kappa shape index (κ2) is 9.39. The number of ketones is 1. The molecule has 0 aliphatic carbocycles. The Bertz CT molecular complexity index is 1360. The van der Waals surface area contributed by atoms with Crippen molar-refractivity contribution in [1.29, 1.82) is 0 Å². The van der Waals surface area contributed by atoms with E-state index in [2.05, 4.69) is 10.3 Å². The van der Waals surface area contributed by atoms with Crippen molar-refractivity contribution >= 4 is 61.9 Å². The van der Waals surface area contributed by atoms with E-state index in [0.717, 1.165) is 5.69 Å². The lowest BCUT2D eigenvalue weighted by atomic mass is 10.1. The molecule has 8 nitrogen and oxygen atoms in total. The normalized spacial score (nSPS) is 10.7. The summed E-state index contributed by atoms with van der Waals surface area (Å²) in [6.45, 7) is 1.48. The van der Waals surface area contributed by atoms with E-state index in [1.807, 2.05) is 19.1 Å². The van der Waals surface area contributed by atoms with E-state index in [9.17, 15) is 14.4 Å². The number of hydrogen-bond donors (Lipinski definition) is 2. The van der Waals surface area contributed by atoms with Crippen molar-refractivity contribution in [3.05, 3.63) is 68.9 Å². The molecule has 0 saturated heterocycles. The molecule has 0 radical (unpaired) electrons. The highest BCUT2D eigenvalue weighted by Crippen LogP contribution is 2.34. The number of amides is 1. The van der Waals surface area contributed by atoms with E-state index < -0.39 is 11.9 Å². The second-order valence-electron chi connectivity index (χ2n) is 7.00. The van der Waals surface area contributed by atoms with Gasteiger partial charge in [-0.3, -0.25) is 9.59 Å². The minimum Gasteiger partial charge on any atom is -0.495 e. The number of Topliss-reactive ketones (excluding diaryl/α,β-unsaturated/α-hetero) is 1. The molecule has 33 heavy (non-hydrogen) atoms. The van der Waals surface area contributed by atoms with E-state index in [1.54, 1.807) is 17.5 Å². The highest BCUT2D eigenvalue weighted by Gasteiger charge is 2.20. The monoisotopic (exact) mass is 481 g/mol. The Labute approximate surface area is 197 Å². The van der Waals surface area contributed by atoms with Crippen LogP contribution in [-0.2, 0) is 4.74 Å². The molecular formula is C23H19N3O5S2. The molecule has 4 rings (SSSR count). The molecule has 3 aromatic heterocycles. The summed E-state index contributed by atoms with van der Waals surface area (Å²) in [7, 11) is 1.45. The van der Waals surface area contributed by atoms with Crippen LogP contribution in [-0.4, -0.2) is 36.4 Å². The molecule has 1 aromatic carbocycles. The van der Waals surface area contributed by atoms with Gasteiger partial charge in [-0.25, -0.2) is 9.78 Å². The number of nitrogen functional groups attached to an aromatic ring is 1. The zero-order valence-electron chi connectivity index (χ0n) is 17.7. The first kappa shape index (κ1) is 22.4. The summed E-state index contributed by atoms with van der Waals surface area (Å²) < 4.78 is 10.4. The van der Waals surface area contributed by atoms with Crippen LogP contribution >= 0.6 is 22.7 Å². The third kappa shape index (κ3) is 4.71. The van der Waals surface area contributed by atoms with Gasteiger partial charge in [-0.05, 0) is 48.7 Å². The number of carbonyl (C=O) groups is 3. The van der Waals surface area contributed by atoms with Gasteiger partial charge in [0.25, 0.3) is 5.91 Å². The van der Waals surface area contributed by atoms with E-state index in [0.29, 0.717) is 31.4 Å². The summed E-state index contributed by atoms with van der Waals surface area (Å²) in [4.78, 5) is 43.4. The maximum Gasteiger partial charge on any atom is 0.338 e. The number of esters is 1. The molecular weight excluding hydrogens is 462 g/mol. The zero-order valence-corrected chi connectivity index (χ0v) is 19.3.